The van der Waals surface area contributed by atoms with Gasteiger partial charge in [0.1, 0.15) is 13.6 Å². The molecule has 2 aliphatic heterocycles. The van der Waals surface area contributed by atoms with Gasteiger partial charge in [0.05, 0.1) is 11.2 Å². The Morgan fingerprint density at radius 3 is 2.42 bits per heavy atom. The molecule has 0 saturated carbocycles. The number of urea groups is 1. The van der Waals surface area contributed by atoms with Crippen LogP contribution < -0.4 is 5.43 Å². The van der Waals surface area contributed by atoms with E-state index in [-0.39, 0.29) is 17.8 Å². The lowest BCUT2D eigenvalue weighted by molar-refractivity contribution is -0.134. The summed E-state index contributed by atoms with van der Waals surface area (Å²) in [6.07, 6.45) is 0. The van der Waals surface area contributed by atoms with Crippen molar-refractivity contribution in [2.75, 3.05) is 20.0 Å². The van der Waals surface area contributed by atoms with Crippen LogP contribution in [0.15, 0.2) is 5.10 Å². The zero-order valence-corrected chi connectivity index (χ0v) is 13.6. The van der Waals surface area contributed by atoms with Crippen molar-refractivity contribution < 1.29 is 9.59 Å². The van der Waals surface area contributed by atoms with E-state index in [1.807, 2.05) is 0 Å². The van der Waals surface area contributed by atoms with E-state index < -0.39 is 19.7 Å². The molecule has 8 heteroatoms. The first kappa shape index (κ1) is 14.3. The Bertz CT molecular complexity index is 476. The molecule has 0 bridgehead atoms. The molecule has 0 aromatic heterocycles. The van der Waals surface area contributed by atoms with Gasteiger partial charge >= 0.3 is 6.03 Å². The lowest BCUT2D eigenvalue weighted by Crippen LogP contribution is -2.76. The topological polar surface area (TPSA) is 65.0 Å². The molecule has 1 saturated heterocycles. The molecule has 19 heavy (non-hydrogen) atoms. The third kappa shape index (κ3) is 1.71. The molecule has 0 aromatic rings. The molecular weight excluding hydrogens is 284 g/mol. The molecule has 2 atom stereocenters. The first-order valence-corrected chi connectivity index (χ1v) is 10.2. The van der Waals surface area contributed by atoms with Crippen molar-refractivity contribution in [2.45, 2.75) is 31.2 Å². The molecule has 2 heterocycles. The summed E-state index contributed by atoms with van der Waals surface area (Å²) >= 11 is 6.18. The molecule has 2 aliphatic rings. The molecule has 2 unspecified atom stereocenters. The Labute approximate surface area is 118 Å². The highest BCUT2D eigenvalue weighted by Crippen LogP contribution is 2.35. The third-order valence-electron chi connectivity index (χ3n) is 3.86. The van der Waals surface area contributed by atoms with Crippen LogP contribution in [0.4, 0.5) is 4.79 Å². The van der Waals surface area contributed by atoms with Crippen LogP contribution in [0.5, 0.6) is 0 Å². The highest BCUT2D eigenvalue weighted by Gasteiger charge is 2.62. The standard InChI is InChI=1S/C11H19ClN4O2Si/c1-15-8(17)7-11(6-12,16(2)10(15)18)9(14-13-7)19(3,4)5/h7,13H,6H2,1-5H3. The number of hydrogen-bond donors (Lipinski definition) is 1. The van der Waals surface area contributed by atoms with Gasteiger partial charge in [-0.25, -0.2) is 4.79 Å². The van der Waals surface area contributed by atoms with Crippen LogP contribution in [0.25, 0.3) is 0 Å². The van der Waals surface area contributed by atoms with Crippen molar-refractivity contribution in [2.24, 2.45) is 5.10 Å². The van der Waals surface area contributed by atoms with Crippen LogP contribution in [0.3, 0.4) is 0 Å². The minimum Gasteiger partial charge on any atom is -0.313 e. The predicted octanol–water partition coefficient (Wildman–Crippen LogP) is 0.693. The van der Waals surface area contributed by atoms with E-state index in [1.54, 1.807) is 11.9 Å². The SMILES string of the molecule is CN1C(=O)C2NN=C([Si](C)(C)C)C2(CCl)N(C)C1=O. The molecule has 2 rings (SSSR count). The fraction of sp³-hybridized carbons (Fsp3) is 0.727. The number of likely N-dealkylation sites (N-methyl/N-ethyl adjacent to an activating group) is 2. The number of halogens is 1. The smallest absolute Gasteiger partial charge is 0.313 e. The van der Waals surface area contributed by atoms with Gasteiger partial charge in [0.25, 0.3) is 5.91 Å². The summed E-state index contributed by atoms with van der Waals surface area (Å²) in [5.41, 5.74) is 2.06. The van der Waals surface area contributed by atoms with E-state index in [4.69, 9.17) is 11.6 Å². The van der Waals surface area contributed by atoms with E-state index in [1.165, 1.54) is 7.05 Å². The van der Waals surface area contributed by atoms with Gasteiger partial charge < -0.3 is 4.90 Å². The number of fused-ring (bicyclic) bond motifs is 1. The summed E-state index contributed by atoms with van der Waals surface area (Å²) in [6, 6.07) is -0.920. The Hall–Kier alpha value is -1.08. The summed E-state index contributed by atoms with van der Waals surface area (Å²) in [5, 5.41) is 5.24. The zero-order valence-electron chi connectivity index (χ0n) is 11.8. The van der Waals surface area contributed by atoms with Crippen LogP contribution >= 0.6 is 11.6 Å². The van der Waals surface area contributed by atoms with Crippen molar-refractivity contribution >= 4 is 36.9 Å². The number of carbonyl (C=O) groups excluding carboxylic acids is 2. The van der Waals surface area contributed by atoms with Gasteiger partial charge in [-0.05, 0) is 0 Å². The molecule has 0 spiro atoms. The van der Waals surface area contributed by atoms with E-state index >= 15 is 0 Å². The van der Waals surface area contributed by atoms with Crippen LogP contribution in [0.1, 0.15) is 0 Å². The molecule has 1 fully saturated rings. The Balaban J connectivity index is 2.58. The number of hydrazone groups is 1. The first-order chi connectivity index (χ1) is 8.67. The van der Waals surface area contributed by atoms with Crippen molar-refractivity contribution in [3.63, 3.8) is 0 Å². The molecule has 6 nitrogen and oxygen atoms in total. The van der Waals surface area contributed by atoms with Gasteiger partial charge in [0.2, 0.25) is 0 Å². The van der Waals surface area contributed by atoms with E-state index in [9.17, 15) is 9.59 Å². The molecule has 0 radical (unpaired) electrons. The third-order valence-corrected chi connectivity index (χ3v) is 6.23. The minimum absolute atomic E-state index is 0.162. The average molecular weight is 303 g/mol. The maximum Gasteiger partial charge on any atom is 0.327 e. The Morgan fingerprint density at radius 2 is 1.95 bits per heavy atom. The predicted molar refractivity (Wildman–Crippen MR) is 77.1 cm³/mol. The van der Waals surface area contributed by atoms with E-state index in [0.29, 0.717) is 0 Å². The second-order valence-corrected chi connectivity index (χ2v) is 11.3. The highest BCUT2D eigenvalue weighted by molar-refractivity contribution is 7.05. The number of amides is 3. The first-order valence-electron chi connectivity index (χ1n) is 6.13. The maximum atomic E-state index is 12.3. The second-order valence-electron chi connectivity index (χ2n) is 6.07. The van der Waals surface area contributed by atoms with Crippen molar-refractivity contribution in [1.29, 1.82) is 0 Å². The highest BCUT2D eigenvalue weighted by atomic mass is 35.5. The van der Waals surface area contributed by atoms with Crippen molar-refractivity contribution in [1.82, 2.24) is 15.2 Å². The largest absolute Gasteiger partial charge is 0.327 e. The number of nitrogens with zero attached hydrogens (tertiary/aromatic N) is 3. The summed E-state index contributed by atoms with van der Waals surface area (Å²) in [7, 11) is 1.35. The molecule has 0 aromatic carbocycles. The zero-order chi connectivity index (χ0) is 14.6. The van der Waals surface area contributed by atoms with Crippen LogP contribution in [-0.4, -0.2) is 66.7 Å². The number of hydrogen-bond acceptors (Lipinski definition) is 4. The molecular formula is C11H19ClN4O2Si. The number of nitrogens with one attached hydrogen (secondary N) is 1. The molecule has 0 aliphatic carbocycles. The monoisotopic (exact) mass is 302 g/mol. The Kier molecular flexibility index (Phi) is 3.17. The number of rotatable bonds is 2. The maximum absolute atomic E-state index is 12.3. The average Bonchev–Trinajstić information content (AvgIpc) is 2.74. The van der Waals surface area contributed by atoms with Gasteiger partial charge in [-0.2, -0.15) is 5.10 Å². The number of carbonyl (C=O) groups is 2. The quantitative estimate of drug-likeness (QED) is 0.603. The molecule has 106 valence electrons. The van der Waals surface area contributed by atoms with Gasteiger partial charge in [-0.15, -0.1) is 11.6 Å². The van der Waals surface area contributed by atoms with E-state index in [0.717, 1.165) is 10.2 Å². The van der Waals surface area contributed by atoms with Gasteiger partial charge in [0, 0.05) is 14.1 Å². The molecule has 1 N–H and O–H groups in total. The fourth-order valence-corrected chi connectivity index (χ4v) is 5.48. The van der Waals surface area contributed by atoms with Gasteiger partial charge in [-0.3, -0.25) is 15.1 Å². The van der Waals surface area contributed by atoms with Crippen LogP contribution in [0, 0.1) is 0 Å². The summed E-state index contributed by atoms with van der Waals surface area (Å²) in [5.74, 6) is -0.115. The van der Waals surface area contributed by atoms with Gasteiger partial charge in [-0.1, -0.05) is 19.6 Å². The lowest BCUT2D eigenvalue weighted by Gasteiger charge is -2.49. The van der Waals surface area contributed by atoms with Crippen LogP contribution in [0.2, 0.25) is 19.6 Å². The van der Waals surface area contributed by atoms with Crippen molar-refractivity contribution in [3.05, 3.63) is 0 Å². The number of alkyl halides is 1. The Morgan fingerprint density at radius 1 is 1.37 bits per heavy atom. The van der Waals surface area contributed by atoms with Gasteiger partial charge in [0.15, 0.2) is 6.04 Å². The summed E-state index contributed by atoms with van der Waals surface area (Å²) in [4.78, 5) is 27.2. The number of imide groups is 1. The lowest BCUT2D eigenvalue weighted by atomic mass is 9.89. The summed E-state index contributed by atoms with van der Waals surface area (Å²) < 4.78 is 0. The fourth-order valence-electron chi connectivity index (χ4n) is 2.81. The minimum atomic E-state index is -1.81. The van der Waals surface area contributed by atoms with E-state index in [2.05, 4.69) is 30.2 Å². The summed E-state index contributed by atoms with van der Waals surface area (Å²) in [6.45, 7) is 6.39. The van der Waals surface area contributed by atoms with Crippen molar-refractivity contribution in [3.8, 4) is 0 Å². The van der Waals surface area contributed by atoms with Crippen LogP contribution in [-0.2, 0) is 4.79 Å². The normalized spacial score (nSPS) is 31.3. The second kappa shape index (κ2) is 4.21. The molecule has 3 amide bonds.